The van der Waals surface area contributed by atoms with E-state index in [1.54, 1.807) is 24.3 Å². The van der Waals surface area contributed by atoms with Crippen LogP contribution < -0.4 is 9.47 Å². The molecule has 2 heterocycles. The van der Waals surface area contributed by atoms with Crippen LogP contribution in [0.2, 0.25) is 0 Å². The first kappa shape index (κ1) is 17.4. The molecule has 1 aliphatic heterocycles. The lowest BCUT2D eigenvalue weighted by atomic mass is 10.1. The van der Waals surface area contributed by atoms with Crippen molar-refractivity contribution in [3.8, 4) is 17.6 Å². The number of oxime groups is 2. The number of para-hydroxylation sites is 1. The Balaban J connectivity index is 1.93. The lowest BCUT2D eigenvalue weighted by molar-refractivity contribution is 0.0672. The van der Waals surface area contributed by atoms with E-state index in [9.17, 15) is 4.39 Å². The molecule has 0 unspecified atom stereocenters. The summed E-state index contributed by atoms with van der Waals surface area (Å²) in [5, 5.41) is 7.80. The Morgan fingerprint density at radius 1 is 1.27 bits per heavy atom. The molecule has 1 aliphatic rings. The van der Waals surface area contributed by atoms with E-state index in [1.807, 2.05) is 0 Å². The molecule has 0 spiro atoms. The zero-order valence-electron chi connectivity index (χ0n) is 13.8. The van der Waals surface area contributed by atoms with Gasteiger partial charge in [-0.3, -0.25) is 0 Å². The predicted molar refractivity (Wildman–Crippen MR) is 88.0 cm³/mol. The monoisotopic (exact) mass is 362 g/mol. The van der Waals surface area contributed by atoms with Crippen LogP contribution in [-0.4, -0.2) is 48.8 Å². The molecule has 2 aromatic rings. The van der Waals surface area contributed by atoms with E-state index in [1.165, 1.54) is 19.4 Å². The first-order valence-electron chi connectivity index (χ1n) is 7.55. The third-order valence-electron chi connectivity index (χ3n) is 3.10. The Morgan fingerprint density at radius 2 is 2.15 bits per heavy atom. The first-order valence-corrected chi connectivity index (χ1v) is 7.55. The highest BCUT2D eigenvalue weighted by Crippen LogP contribution is 2.25. The Kier molecular flexibility index (Phi) is 5.76. The quantitative estimate of drug-likeness (QED) is 0.551. The second-order valence-electron chi connectivity index (χ2n) is 4.73. The lowest BCUT2D eigenvalue weighted by Crippen LogP contribution is -2.25. The minimum Gasteiger partial charge on any atom is -0.470 e. The van der Waals surface area contributed by atoms with Gasteiger partial charge in [-0.25, -0.2) is 9.37 Å². The molecule has 0 bridgehead atoms. The molecule has 0 aliphatic carbocycles. The Morgan fingerprint density at radius 3 is 2.92 bits per heavy atom. The van der Waals surface area contributed by atoms with E-state index in [4.69, 9.17) is 23.9 Å². The fourth-order valence-electron chi connectivity index (χ4n) is 2.07. The Labute approximate surface area is 148 Å². The summed E-state index contributed by atoms with van der Waals surface area (Å²) in [6.45, 7) is -0.331. The van der Waals surface area contributed by atoms with E-state index in [-0.39, 0.29) is 23.5 Å². The van der Waals surface area contributed by atoms with E-state index < -0.39 is 6.86 Å². The maximum atomic E-state index is 12.3. The third-order valence-corrected chi connectivity index (χ3v) is 3.10. The molecule has 0 N–H and O–H groups in total. The van der Waals surface area contributed by atoms with Crippen LogP contribution in [-0.2, 0) is 14.4 Å². The minimum absolute atomic E-state index is 0.0251. The molecule has 1 aromatic heterocycles. The van der Waals surface area contributed by atoms with Crippen LogP contribution in [0, 0.1) is 0 Å². The third kappa shape index (κ3) is 4.15. The predicted octanol–water partition coefficient (Wildman–Crippen LogP) is 2.29. The standard InChI is InChI=1S/C16H15FN4O5/c1-22-20-14(15-21-25-9-8-23-15)11-4-2-3-5-12(11)26-16-18-7-6-13(19-16)24-10-17/h2-7H,8-10H2,1H3. The van der Waals surface area contributed by atoms with Gasteiger partial charge in [-0.1, -0.05) is 17.3 Å². The maximum Gasteiger partial charge on any atom is 0.325 e. The highest BCUT2D eigenvalue weighted by Gasteiger charge is 2.22. The molecule has 136 valence electrons. The molecule has 0 radical (unpaired) electrons. The summed E-state index contributed by atoms with van der Waals surface area (Å²) >= 11 is 0. The second kappa shape index (κ2) is 8.60. The summed E-state index contributed by atoms with van der Waals surface area (Å²) in [7, 11) is 1.40. The van der Waals surface area contributed by atoms with Crippen molar-refractivity contribution in [1.29, 1.82) is 0 Å². The van der Waals surface area contributed by atoms with Crippen LogP contribution in [0.15, 0.2) is 46.8 Å². The van der Waals surface area contributed by atoms with Crippen LogP contribution >= 0.6 is 0 Å². The van der Waals surface area contributed by atoms with Gasteiger partial charge in [0, 0.05) is 12.3 Å². The van der Waals surface area contributed by atoms with Crippen molar-refractivity contribution in [2.24, 2.45) is 10.3 Å². The average Bonchev–Trinajstić information content (AvgIpc) is 2.68. The van der Waals surface area contributed by atoms with Crippen molar-refractivity contribution in [3.63, 3.8) is 0 Å². The SMILES string of the molecule is CON=C(C1=NOCCO1)c1ccccc1Oc1nccc(OCF)n1. The van der Waals surface area contributed by atoms with Crippen LogP contribution in [0.3, 0.4) is 0 Å². The molecule has 1 aromatic carbocycles. The van der Waals surface area contributed by atoms with Crippen molar-refractivity contribution in [2.45, 2.75) is 0 Å². The summed E-state index contributed by atoms with van der Waals surface area (Å²) in [6, 6.07) is 8.33. The van der Waals surface area contributed by atoms with Crippen molar-refractivity contribution in [1.82, 2.24) is 9.97 Å². The zero-order valence-corrected chi connectivity index (χ0v) is 13.8. The number of hydrogen-bond donors (Lipinski definition) is 0. The van der Waals surface area contributed by atoms with Crippen LogP contribution in [0.4, 0.5) is 4.39 Å². The van der Waals surface area contributed by atoms with E-state index in [0.29, 0.717) is 24.5 Å². The number of alkyl halides is 1. The van der Waals surface area contributed by atoms with Gasteiger partial charge in [-0.15, -0.1) is 0 Å². The fourth-order valence-corrected chi connectivity index (χ4v) is 2.07. The highest BCUT2D eigenvalue weighted by atomic mass is 19.1. The molecule has 0 saturated carbocycles. The number of nitrogens with zero attached hydrogens (tertiary/aromatic N) is 4. The number of halogens is 1. The molecule has 0 saturated heterocycles. The summed E-state index contributed by atoms with van der Waals surface area (Å²) in [6.07, 6.45) is 1.39. The number of ether oxygens (including phenoxy) is 3. The summed E-state index contributed by atoms with van der Waals surface area (Å²) in [5.41, 5.74) is 0.790. The zero-order chi connectivity index (χ0) is 18.2. The van der Waals surface area contributed by atoms with E-state index in [2.05, 4.69) is 20.3 Å². The van der Waals surface area contributed by atoms with Crippen molar-refractivity contribution in [3.05, 3.63) is 42.1 Å². The van der Waals surface area contributed by atoms with Gasteiger partial charge in [-0.2, -0.15) is 4.98 Å². The minimum atomic E-state index is -1.01. The van der Waals surface area contributed by atoms with Crippen molar-refractivity contribution < 1.29 is 28.3 Å². The second-order valence-corrected chi connectivity index (χ2v) is 4.73. The van der Waals surface area contributed by atoms with Crippen LogP contribution in [0.1, 0.15) is 5.56 Å². The number of aromatic nitrogens is 2. The average molecular weight is 362 g/mol. The highest BCUT2D eigenvalue weighted by molar-refractivity contribution is 6.45. The summed E-state index contributed by atoms with van der Waals surface area (Å²) in [4.78, 5) is 17.9. The molecule has 0 amide bonds. The molecular weight excluding hydrogens is 347 g/mol. The number of benzene rings is 1. The molecule has 10 heteroatoms. The van der Waals surface area contributed by atoms with Gasteiger partial charge >= 0.3 is 6.01 Å². The topological polar surface area (TPSA) is 96.7 Å². The summed E-state index contributed by atoms with van der Waals surface area (Å²) in [5.74, 6) is 0.566. The normalized spacial score (nSPS) is 13.9. The van der Waals surface area contributed by atoms with Gasteiger partial charge in [0.15, 0.2) is 12.3 Å². The van der Waals surface area contributed by atoms with Crippen molar-refractivity contribution >= 4 is 11.6 Å². The fraction of sp³-hybridized carbons (Fsp3) is 0.250. The van der Waals surface area contributed by atoms with Gasteiger partial charge in [0.05, 0.1) is 5.56 Å². The molecule has 26 heavy (non-hydrogen) atoms. The van der Waals surface area contributed by atoms with Gasteiger partial charge < -0.3 is 23.9 Å². The van der Waals surface area contributed by atoms with Gasteiger partial charge in [0.2, 0.25) is 12.7 Å². The van der Waals surface area contributed by atoms with Crippen molar-refractivity contribution in [2.75, 3.05) is 27.2 Å². The largest absolute Gasteiger partial charge is 0.470 e. The first-order chi connectivity index (χ1) is 12.8. The molecule has 3 rings (SSSR count). The van der Waals surface area contributed by atoms with Gasteiger partial charge in [0.1, 0.15) is 19.5 Å². The molecule has 9 nitrogen and oxygen atoms in total. The molecule has 0 atom stereocenters. The van der Waals surface area contributed by atoms with Crippen LogP contribution in [0.5, 0.6) is 17.6 Å². The van der Waals surface area contributed by atoms with E-state index in [0.717, 1.165) is 0 Å². The van der Waals surface area contributed by atoms with Gasteiger partial charge in [-0.05, 0) is 17.3 Å². The Bertz CT molecular complexity index is 815. The molecule has 0 fully saturated rings. The number of hydrogen-bond acceptors (Lipinski definition) is 9. The lowest BCUT2D eigenvalue weighted by Gasteiger charge is -2.16. The summed E-state index contributed by atoms with van der Waals surface area (Å²) < 4.78 is 28.2. The van der Waals surface area contributed by atoms with E-state index >= 15 is 0 Å². The van der Waals surface area contributed by atoms with Crippen LogP contribution in [0.25, 0.3) is 0 Å². The Hall–Kier alpha value is -3.43. The number of rotatable bonds is 7. The smallest absolute Gasteiger partial charge is 0.325 e. The van der Waals surface area contributed by atoms with Gasteiger partial charge in [0.25, 0.3) is 5.90 Å². The molecular formula is C16H15FN4O5. The maximum absolute atomic E-state index is 12.3.